The summed E-state index contributed by atoms with van der Waals surface area (Å²) in [4.78, 5) is 12.7. The second kappa shape index (κ2) is 11.0. The van der Waals surface area contributed by atoms with E-state index in [1.54, 1.807) is 42.5 Å². The number of carbonyl (C=O) groups excluding carboxylic acids is 1. The lowest BCUT2D eigenvalue weighted by atomic mass is 10.1. The molecule has 1 amide bonds. The molecule has 0 aliphatic heterocycles. The number of hydrogen-bond donors (Lipinski definition) is 1. The van der Waals surface area contributed by atoms with E-state index in [0.29, 0.717) is 34.9 Å². The molecule has 5 nitrogen and oxygen atoms in total. The van der Waals surface area contributed by atoms with Crippen LogP contribution in [0.2, 0.25) is 0 Å². The van der Waals surface area contributed by atoms with Crippen molar-refractivity contribution in [1.82, 2.24) is 0 Å². The molecule has 3 aromatic carbocycles. The van der Waals surface area contributed by atoms with Crippen LogP contribution < -0.4 is 14.8 Å². The maximum absolute atomic E-state index is 13.9. The maximum atomic E-state index is 13.9. The molecule has 6 heteroatoms. The molecule has 0 unspecified atom stereocenters. The summed E-state index contributed by atoms with van der Waals surface area (Å²) >= 11 is 0. The van der Waals surface area contributed by atoms with Crippen LogP contribution in [0.1, 0.15) is 29.2 Å². The first kappa shape index (κ1) is 23.6. The Hall–Kier alpha value is -4.11. The average molecular weight is 445 g/mol. The minimum absolute atomic E-state index is 0.0432. The van der Waals surface area contributed by atoms with Gasteiger partial charge in [-0.05, 0) is 67.8 Å². The molecule has 0 saturated heterocycles. The van der Waals surface area contributed by atoms with Gasteiger partial charge in [-0.25, -0.2) is 4.39 Å². The van der Waals surface area contributed by atoms with E-state index in [4.69, 9.17) is 9.47 Å². The number of carbonyl (C=O) groups is 1. The minimum atomic E-state index is -0.496. The molecule has 168 valence electrons. The zero-order chi connectivity index (χ0) is 23.8. The van der Waals surface area contributed by atoms with Crippen LogP contribution in [0.15, 0.2) is 66.2 Å². The standard InChI is InChI=1S/C27H25FN2O3/c1-4-32-26-15-20(12-13-25(26)33-17-21-9-5-6-10-23(21)28)14-22(16-29)27(31)30-24-11-7-8-18(2)19(24)3/h5-15H,4,17H2,1-3H3,(H,30,31)/b22-14+. The van der Waals surface area contributed by atoms with Gasteiger partial charge in [0.15, 0.2) is 11.5 Å². The van der Waals surface area contributed by atoms with Crippen molar-refractivity contribution in [2.75, 3.05) is 11.9 Å². The Bertz CT molecular complexity index is 1230. The van der Waals surface area contributed by atoms with Gasteiger partial charge in [0.05, 0.1) is 6.61 Å². The molecular weight excluding hydrogens is 419 g/mol. The number of nitrogens with zero attached hydrogens (tertiary/aromatic N) is 1. The molecule has 3 aromatic rings. The van der Waals surface area contributed by atoms with Gasteiger partial charge in [-0.2, -0.15) is 5.26 Å². The molecule has 0 spiro atoms. The number of amides is 1. The van der Waals surface area contributed by atoms with Gasteiger partial charge in [0.25, 0.3) is 5.91 Å². The average Bonchev–Trinajstić information content (AvgIpc) is 2.81. The van der Waals surface area contributed by atoms with E-state index >= 15 is 0 Å². The number of rotatable bonds is 8. The first-order valence-electron chi connectivity index (χ1n) is 10.5. The molecule has 33 heavy (non-hydrogen) atoms. The van der Waals surface area contributed by atoms with Gasteiger partial charge in [0.2, 0.25) is 0 Å². The third-order valence-corrected chi connectivity index (χ3v) is 5.14. The largest absolute Gasteiger partial charge is 0.490 e. The number of ether oxygens (including phenoxy) is 2. The molecule has 3 rings (SSSR count). The second-order valence-corrected chi connectivity index (χ2v) is 7.39. The van der Waals surface area contributed by atoms with Crippen molar-refractivity contribution in [3.05, 3.63) is 94.3 Å². The van der Waals surface area contributed by atoms with Crippen LogP contribution in [0, 0.1) is 31.0 Å². The van der Waals surface area contributed by atoms with Crippen molar-refractivity contribution < 1.29 is 18.7 Å². The molecule has 0 aliphatic rings. The predicted octanol–water partition coefficient (Wildman–Crippen LogP) is 5.97. The fourth-order valence-corrected chi connectivity index (χ4v) is 3.16. The van der Waals surface area contributed by atoms with Crippen LogP contribution in [-0.4, -0.2) is 12.5 Å². The highest BCUT2D eigenvalue weighted by Crippen LogP contribution is 2.30. The highest BCUT2D eigenvalue weighted by atomic mass is 19.1. The number of nitrogens with one attached hydrogen (secondary N) is 1. The van der Waals surface area contributed by atoms with E-state index in [2.05, 4.69) is 5.32 Å². The number of nitriles is 1. The highest BCUT2D eigenvalue weighted by Gasteiger charge is 2.13. The summed E-state index contributed by atoms with van der Waals surface area (Å²) < 4.78 is 25.3. The van der Waals surface area contributed by atoms with Crippen molar-refractivity contribution in [2.24, 2.45) is 0 Å². The molecule has 0 bridgehead atoms. The van der Waals surface area contributed by atoms with E-state index in [1.807, 2.05) is 39.0 Å². The van der Waals surface area contributed by atoms with Crippen molar-refractivity contribution in [3.8, 4) is 17.6 Å². The van der Waals surface area contributed by atoms with Gasteiger partial charge in [-0.1, -0.05) is 36.4 Å². The van der Waals surface area contributed by atoms with Gasteiger partial charge in [0, 0.05) is 11.3 Å². The molecule has 0 fully saturated rings. The monoisotopic (exact) mass is 444 g/mol. The Labute approximate surface area is 193 Å². The summed E-state index contributed by atoms with van der Waals surface area (Å²) in [5.41, 5.74) is 3.63. The predicted molar refractivity (Wildman–Crippen MR) is 126 cm³/mol. The van der Waals surface area contributed by atoms with Crippen molar-refractivity contribution >= 4 is 17.7 Å². The first-order valence-corrected chi connectivity index (χ1v) is 10.5. The number of hydrogen-bond acceptors (Lipinski definition) is 4. The Balaban J connectivity index is 1.81. The van der Waals surface area contributed by atoms with Crippen molar-refractivity contribution in [2.45, 2.75) is 27.4 Å². The van der Waals surface area contributed by atoms with Crippen LogP contribution in [-0.2, 0) is 11.4 Å². The van der Waals surface area contributed by atoms with Gasteiger partial charge in [0.1, 0.15) is 24.1 Å². The SMILES string of the molecule is CCOc1cc(/C=C(\C#N)C(=O)Nc2cccc(C)c2C)ccc1OCc1ccccc1F. The molecule has 0 aliphatic carbocycles. The quantitative estimate of drug-likeness (QED) is 0.343. The van der Waals surface area contributed by atoms with E-state index in [1.165, 1.54) is 12.1 Å². The first-order chi connectivity index (χ1) is 15.9. The number of aryl methyl sites for hydroxylation is 1. The lowest BCUT2D eigenvalue weighted by Crippen LogP contribution is -2.14. The Morgan fingerprint density at radius 1 is 1.06 bits per heavy atom. The summed E-state index contributed by atoms with van der Waals surface area (Å²) in [7, 11) is 0. The molecular formula is C27H25FN2O3. The molecule has 0 radical (unpaired) electrons. The van der Waals surface area contributed by atoms with E-state index in [0.717, 1.165) is 11.1 Å². The third-order valence-electron chi connectivity index (χ3n) is 5.14. The molecule has 0 atom stereocenters. The number of anilines is 1. The van der Waals surface area contributed by atoms with Gasteiger partial charge in [-0.15, -0.1) is 0 Å². The van der Waals surface area contributed by atoms with Crippen molar-refractivity contribution in [1.29, 1.82) is 5.26 Å². The van der Waals surface area contributed by atoms with E-state index < -0.39 is 5.91 Å². The van der Waals surface area contributed by atoms with Crippen LogP contribution in [0.5, 0.6) is 11.5 Å². The fraction of sp³-hybridized carbons (Fsp3) is 0.185. The Kier molecular flexibility index (Phi) is 7.82. The normalized spacial score (nSPS) is 10.9. The van der Waals surface area contributed by atoms with Crippen molar-refractivity contribution in [3.63, 3.8) is 0 Å². The Morgan fingerprint density at radius 3 is 2.58 bits per heavy atom. The smallest absolute Gasteiger partial charge is 0.266 e. The minimum Gasteiger partial charge on any atom is -0.490 e. The molecule has 0 saturated carbocycles. The number of halogens is 1. The number of benzene rings is 3. The highest BCUT2D eigenvalue weighted by molar-refractivity contribution is 6.10. The van der Waals surface area contributed by atoms with Gasteiger partial charge < -0.3 is 14.8 Å². The summed E-state index contributed by atoms with van der Waals surface area (Å²) in [5.74, 6) is 0.0398. The summed E-state index contributed by atoms with van der Waals surface area (Å²) in [6, 6.07) is 19.0. The van der Waals surface area contributed by atoms with Crippen LogP contribution >= 0.6 is 0 Å². The van der Waals surface area contributed by atoms with Gasteiger partial charge >= 0.3 is 0 Å². The molecule has 1 N–H and O–H groups in total. The van der Waals surface area contributed by atoms with E-state index in [-0.39, 0.29) is 18.0 Å². The Morgan fingerprint density at radius 2 is 1.85 bits per heavy atom. The lowest BCUT2D eigenvalue weighted by Gasteiger charge is -2.13. The topological polar surface area (TPSA) is 71.3 Å². The van der Waals surface area contributed by atoms with Crippen LogP contribution in [0.25, 0.3) is 6.08 Å². The van der Waals surface area contributed by atoms with Crippen LogP contribution in [0.3, 0.4) is 0 Å². The summed E-state index contributed by atoms with van der Waals surface area (Å²) in [5, 5.41) is 12.3. The molecule has 0 aromatic heterocycles. The summed E-state index contributed by atoms with van der Waals surface area (Å²) in [6.07, 6.45) is 1.49. The van der Waals surface area contributed by atoms with E-state index in [9.17, 15) is 14.4 Å². The second-order valence-electron chi connectivity index (χ2n) is 7.39. The maximum Gasteiger partial charge on any atom is 0.266 e. The van der Waals surface area contributed by atoms with Gasteiger partial charge in [-0.3, -0.25) is 4.79 Å². The molecule has 0 heterocycles. The third kappa shape index (κ3) is 5.98. The fourth-order valence-electron chi connectivity index (χ4n) is 3.16. The summed E-state index contributed by atoms with van der Waals surface area (Å²) in [6.45, 7) is 6.14. The van der Waals surface area contributed by atoms with Crippen LogP contribution in [0.4, 0.5) is 10.1 Å². The lowest BCUT2D eigenvalue weighted by molar-refractivity contribution is -0.112. The zero-order valence-corrected chi connectivity index (χ0v) is 18.8. The zero-order valence-electron chi connectivity index (χ0n) is 18.8.